The van der Waals surface area contributed by atoms with Crippen LogP contribution < -0.4 is 0 Å². The van der Waals surface area contributed by atoms with Crippen LogP contribution in [0.2, 0.25) is 0 Å². The molecule has 1 spiro atoms. The van der Waals surface area contributed by atoms with Crippen LogP contribution in [0.3, 0.4) is 0 Å². The molecule has 0 radical (unpaired) electrons. The van der Waals surface area contributed by atoms with Crippen molar-refractivity contribution in [2.24, 2.45) is 0 Å². The lowest BCUT2D eigenvalue weighted by atomic mass is 9.90. The predicted octanol–water partition coefficient (Wildman–Crippen LogP) is 3.19. The van der Waals surface area contributed by atoms with Crippen molar-refractivity contribution in [3.8, 4) is 0 Å². The summed E-state index contributed by atoms with van der Waals surface area (Å²) < 4.78 is 6.27. The lowest BCUT2D eigenvalue weighted by Gasteiger charge is -2.48. The van der Waals surface area contributed by atoms with E-state index in [1.165, 1.54) is 6.42 Å². The summed E-state index contributed by atoms with van der Waals surface area (Å²) in [4.78, 5) is 18.9. The van der Waals surface area contributed by atoms with Crippen molar-refractivity contribution in [3.05, 3.63) is 41.7 Å². The maximum absolute atomic E-state index is 12.5. The summed E-state index contributed by atoms with van der Waals surface area (Å²) in [6.45, 7) is 2.35. The van der Waals surface area contributed by atoms with Crippen LogP contribution in [0.15, 0.2) is 36.0 Å². The van der Waals surface area contributed by atoms with E-state index < -0.39 is 0 Å². The Kier molecular flexibility index (Phi) is 4.63. The van der Waals surface area contributed by atoms with Crippen LogP contribution in [0.5, 0.6) is 0 Å². The molecule has 0 aromatic carbocycles. The van der Waals surface area contributed by atoms with Gasteiger partial charge in [-0.1, -0.05) is 12.1 Å². The molecule has 5 heteroatoms. The van der Waals surface area contributed by atoms with Crippen molar-refractivity contribution in [1.29, 1.82) is 0 Å². The largest absolute Gasteiger partial charge is 0.371 e. The standard InChI is InChI=1S/C19H24N2O2S/c22-18(15-6-2-1-3-7-15)21-13-19(14-21)10-17(12-24-19)23-11-16-8-4-5-9-20-16/h4-6,8-9,17H,1-3,7,10-14H2. The lowest BCUT2D eigenvalue weighted by molar-refractivity contribution is -0.132. The van der Waals surface area contributed by atoms with Gasteiger partial charge in [0.15, 0.2) is 0 Å². The minimum atomic E-state index is 0.236. The molecular formula is C19H24N2O2S. The highest BCUT2D eigenvalue weighted by molar-refractivity contribution is 8.01. The monoisotopic (exact) mass is 344 g/mol. The van der Waals surface area contributed by atoms with Gasteiger partial charge in [0.1, 0.15) is 0 Å². The molecule has 1 aromatic rings. The molecule has 3 aliphatic rings. The Morgan fingerprint density at radius 2 is 2.29 bits per heavy atom. The van der Waals surface area contributed by atoms with Gasteiger partial charge in [0.2, 0.25) is 5.91 Å². The average molecular weight is 344 g/mol. The first kappa shape index (κ1) is 16.2. The van der Waals surface area contributed by atoms with E-state index in [9.17, 15) is 4.79 Å². The van der Waals surface area contributed by atoms with Gasteiger partial charge in [0.25, 0.3) is 0 Å². The molecule has 1 unspecified atom stereocenters. The first-order valence-corrected chi connectivity index (χ1v) is 9.86. The number of hydrogen-bond acceptors (Lipinski definition) is 4. The molecule has 24 heavy (non-hydrogen) atoms. The van der Waals surface area contributed by atoms with E-state index in [0.717, 1.165) is 55.8 Å². The Hall–Kier alpha value is -1.33. The van der Waals surface area contributed by atoms with E-state index in [4.69, 9.17) is 4.74 Å². The molecule has 0 bridgehead atoms. The van der Waals surface area contributed by atoms with Gasteiger partial charge in [0.05, 0.1) is 23.2 Å². The average Bonchev–Trinajstić information content (AvgIpc) is 3.04. The Balaban J connectivity index is 1.26. The van der Waals surface area contributed by atoms with Crippen molar-refractivity contribution in [2.45, 2.75) is 49.6 Å². The summed E-state index contributed by atoms with van der Waals surface area (Å²) in [6.07, 6.45) is 9.71. The summed E-state index contributed by atoms with van der Waals surface area (Å²) >= 11 is 1.98. The van der Waals surface area contributed by atoms with E-state index in [1.807, 2.05) is 34.9 Å². The fraction of sp³-hybridized carbons (Fsp3) is 0.579. The van der Waals surface area contributed by atoms with Gasteiger partial charge in [0, 0.05) is 30.6 Å². The number of thioether (sulfide) groups is 1. The summed E-state index contributed by atoms with van der Waals surface area (Å²) in [7, 11) is 0. The number of amides is 1. The SMILES string of the molecule is O=C(C1=CCCCC1)N1CC2(CC(OCc3ccccn3)CS2)C1. The second kappa shape index (κ2) is 6.89. The zero-order valence-corrected chi connectivity index (χ0v) is 14.8. The van der Waals surface area contributed by atoms with E-state index in [2.05, 4.69) is 11.1 Å². The van der Waals surface area contributed by atoms with Crippen molar-refractivity contribution in [2.75, 3.05) is 18.8 Å². The third-order valence-electron chi connectivity index (χ3n) is 5.18. The number of rotatable bonds is 4. The minimum absolute atomic E-state index is 0.236. The molecule has 2 fully saturated rings. The first-order valence-electron chi connectivity index (χ1n) is 8.88. The lowest BCUT2D eigenvalue weighted by Crippen LogP contribution is -2.61. The highest BCUT2D eigenvalue weighted by Crippen LogP contribution is 2.46. The van der Waals surface area contributed by atoms with Crippen LogP contribution in [0.1, 0.15) is 37.8 Å². The van der Waals surface area contributed by atoms with E-state index in [0.29, 0.717) is 6.61 Å². The molecular weight excluding hydrogens is 320 g/mol. The molecule has 2 saturated heterocycles. The van der Waals surface area contributed by atoms with Crippen LogP contribution in [-0.2, 0) is 16.1 Å². The molecule has 4 rings (SSSR count). The van der Waals surface area contributed by atoms with Gasteiger partial charge in [-0.2, -0.15) is 0 Å². The minimum Gasteiger partial charge on any atom is -0.371 e. The molecule has 128 valence electrons. The number of carbonyl (C=O) groups excluding carboxylic acids is 1. The number of allylic oxidation sites excluding steroid dienone is 1. The normalized spacial score (nSPS) is 25.4. The zero-order valence-electron chi connectivity index (χ0n) is 13.9. The van der Waals surface area contributed by atoms with Crippen molar-refractivity contribution >= 4 is 17.7 Å². The fourth-order valence-corrected chi connectivity index (χ4v) is 5.40. The number of ether oxygens (including phenoxy) is 1. The Bertz CT molecular complexity index is 626. The maximum atomic E-state index is 12.5. The highest BCUT2D eigenvalue weighted by Gasteiger charge is 2.51. The molecule has 1 aliphatic carbocycles. The van der Waals surface area contributed by atoms with Gasteiger partial charge < -0.3 is 9.64 Å². The van der Waals surface area contributed by atoms with Gasteiger partial charge in [-0.05, 0) is 44.2 Å². The van der Waals surface area contributed by atoms with Crippen LogP contribution in [0.4, 0.5) is 0 Å². The topological polar surface area (TPSA) is 42.4 Å². The predicted molar refractivity (Wildman–Crippen MR) is 95.8 cm³/mol. The summed E-state index contributed by atoms with van der Waals surface area (Å²) in [6, 6.07) is 5.91. The van der Waals surface area contributed by atoms with Crippen LogP contribution in [0, 0.1) is 0 Å². The molecule has 0 saturated carbocycles. The van der Waals surface area contributed by atoms with Gasteiger partial charge in [-0.25, -0.2) is 0 Å². The third kappa shape index (κ3) is 3.38. The van der Waals surface area contributed by atoms with Gasteiger partial charge in [-0.15, -0.1) is 11.8 Å². The zero-order chi connectivity index (χ0) is 16.4. The number of pyridine rings is 1. The second-order valence-electron chi connectivity index (χ2n) is 7.09. The first-order chi connectivity index (χ1) is 11.7. The van der Waals surface area contributed by atoms with Crippen LogP contribution in [-0.4, -0.2) is 45.5 Å². The molecule has 0 N–H and O–H groups in total. The van der Waals surface area contributed by atoms with E-state index in [-0.39, 0.29) is 16.8 Å². The summed E-state index contributed by atoms with van der Waals surface area (Å²) in [5.41, 5.74) is 2.03. The van der Waals surface area contributed by atoms with Crippen molar-refractivity contribution < 1.29 is 9.53 Å². The Morgan fingerprint density at radius 3 is 3.04 bits per heavy atom. The maximum Gasteiger partial charge on any atom is 0.249 e. The Labute approximate surface area is 147 Å². The summed E-state index contributed by atoms with van der Waals surface area (Å²) in [5.74, 6) is 1.30. The van der Waals surface area contributed by atoms with Crippen LogP contribution in [0.25, 0.3) is 0 Å². The molecule has 4 nitrogen and oxygen atoms in total. The van der Waals surface area contributed by atoms with Gasteiger partial charge in [-0.3, -0.25) is 9.78 Å². The Morgan fingerprint density at radius 1 is 1.38 bits per heavy atom. The van der Waals surface area contributed by atoms with Crippen LogP contribution >= 0.6 is 11.8 Å². The second-order valence-corrected chi connectivity index (χ2v) is 8.58. The van der Waals surface area contributed by atoms with E-state index >= 15 is 0 Å². The van der Waals surface area contributed by atoms with Gasteiger partial charge >= 0.3 is 0 Å². The number of likely N-dealkylation sites (tertiary alicyclic amines) is 1. The number of carbonyl (C=O) groups is 1. The fourth-order valence-electron chi connectivity index (χ4n) is 3.85. The quantitative estimate of drug-likeness (QED) is 0.841. The smallest absolute Gasteiger partial charge is 0.249 e. The van der Waals surface area contributed by atoms with Crippen molar-refractivity contribution in [3.63, 3.8) is 0 Å². The third-order valence-corrected chi connectivity index (χ3v) is 6.75. The molecule has 1 amide bonds. The number of hydrogen-bond donors (Lipinski definition) is 0. The molecule has 3 heterocycles. The summed E-state index contributed by atoms with van der Waals surface area (Å²) in [5, 5.41) is 0. The molecule has 2 aliphatic heterocycles. The molecule has 1 aromatic heterocycles. The molecule has 1 atom stereocenters. The number of aromatic nitrogens is 1. The highest BCUT2D eigenvalue weighted by atomic mass is 32.2. The van der Waals surface area contributed by atoms with Crippen molar-refractivity contribution in [1.82, 2.24) is 9.88 Å². The number of nitrogens with zero attached hydrogens (tertiary/aromatic N) is 2. The van der Waals surface area contributed by atoms with E-state index in [1.54, 1.807) is 6.20 Å².